The minimum Gasteiger partial charge on any atom is -0.389 e. The predicted molar refractivity (Wildman–Crippen MR) is 42.9 cm³/mol. The highest BCUT2D eigenvalue weighted by molar-refractivity contribution is 5.24. The van der Waals surface area contributed by atoms with E-state index in [4.69, 9.17) is 0 Å². The van der Waals surface area contributed by atoms with Crippen molar-refractivity contribution in [1.82, 2.24) is 0 Å². The van der Waals surface area contributed by atoms with Crippen LogP contribution in [0.5, 0.6) is 0 Å². The highest BCUT2D eigenvalue weighted by Gasteiger charge is 2.48. The third-order valence-electron chi connectivity index (χ3n) is 3.51. The Labute approximate surface area is 66.4 Å². The van der Waals surface area contributed by atoms with Gasteiger partial charge in [0, 0.05) is 5.92 Å². The summed E-state index contributed by atoms with van der Waals surface area (Å²) in [6, 6.07) is 0. The zero-order valence-electron chi connectivity index (χ0n) is 6.35. The third kappa shape index (κ3) is 0.603. The van der Waals surface area contributed by atoms with Crippen LogP contribution in [0.25, 0.3) is 0 Å². The first-order valence-electron chi connectivity index (χ1n) is 4.41. The molecule has 0 aromatic heterocycles. The number of fused-ring (bicyclic) bond motifs is 5. The third-order valence-corrected chi connectivity index (χ3v) is 3.51. The molecule has 1 fully saturated rings. The average Bonchev–Trinajstić information content (AvgIpc) is 2.60. The van der Waals surface area contributed by atoms with Crippen molar-refractivity contribution in [2.24, 2.45) is 23.7 Å². The van der Waals surface area contributed by atoms with Crippen LogP contribution in [-0.2, 0) is 0 Å². The van der Waals surface area contributed by atoms with Gasteiger partial charge in [0.25, 0.3) is 0 Å². The minimum atomic E-state index is -0.153. The van der Waals surface area contributed by atoms with E-state index in [1.807, 2.05) is 6.08 Å². The molecule has 11 heavy (non-hydrogen) atoms. The molecule has 1 nitrogen and oxygen atoms in total. The number of hydrogen-bond donors (Lipinski definition) is 1. The molecule has 5 atom stereocenters. The number of aliphatic hydroxyl groups excluding tert-OH is 1. The van der Waals surface area contributed by atoms with Crippen molar-refractivity contribution >= 4 is 0 Å². The molecule has 0 saturated heterocycles. The fourth-order valence-electron chi connectivity index (χ4n) is 3.02. The summed E-state index contributed by atoms with van der Waals surface area (Å²) in [7, 11) is 0. The molecular weight excluding hydrogens is 136 g/mol. The summed E-state index contributed by atoms with van der Waals surface area (Å²) in [5, 5.41) is 9.60. The van der Waals surface area contributed by atoms with Crippen LogP contribution in [0.15, 0.2) is 24.3 Å². The largest absolute Gasteiger partial charge is 0.389 e. The number of allylic oxidation sites excluding steroid dienone is 3. The van der Waals surface area contributed by atoms with Crippen molar-refractivity contribution in [3.05, 3.63) is 24.3 Å². The van der Waals surface area contributed by atoms with Crippen LogP contribution in [0.1, 0.15) is 6.42 Å². The summed E-state index contributed by atoms with van der Waals surface area (Å²) in [5.74, 6) is 2.62. The van der Waals surface area contributed by atoms with Crippen molar-refractivity contribution in [3.63, 3.8) is 0 Å². The Balaban J connectivity index is 2.02. The number of aliphatic hydroxyl groups is 1. The molecule has 1 N–H and O–H groups in total. The molecule has 1 unspecified atom stereocenters. The SMILES string of the molecule is OC1C=C[C@H]2[C@@H]1[C@H]1C=C[C@@H]2C1. The first-order valence-corrected chi connectivity index (χ1v) is 4.41. The van der Waals surface area contributed by atoms with Crippen LogP contribution in [0.3, 0.4) is 0 Å². The zero-order valence-corrected chi connectivity index (χ0v) is 6.35. The summed E-state index contributed by atoms with van der Waals surface area (Å²) in [6.45, 7) is 0. The summed E-state index contributed by atoms with van der Waals surface area (Å²) in [4.78, 5) is 0. The maximum Gasteiger partial charge on any atom is 0.0760 e. The smallest absolute Gasteiger partial charge is 0.0760 e. The quantitative estimate of drug-likeness (QED) is 0.514. The highest BCUT2D eigenvalue weighted by Crippen LogP contribution is 2.52. The summed E-state index contributed by atoms with van der Waals surface area (Å²) in [5.41, 5.74) is 0. The standard InChI is InChI=1S/C10H12O/c11-9-4-3-8-6-1-2-7(5-6)10(8)9/h1-4,6-11H,5H2/t6-,7+,8-,9?,10+/m1/s1. The first kappa shape index (κ1) is 6.01. The van der Waals surface area contributed by atoms with Gasteiger partial charge in [-0.05, 0) is 24.2 Å². The highest BCUT2D eigenvalue weighted by atomic mass is 16.3. The molecule has 0 radical (unpaired) electrons. The van der Waals surface area contributed by atoms with Gasteiger partial charge in [-0.3, -0.25) is 0 Å². The maximum atomic E-state index is 9.60. The molecule has 58 valence electrons. The van der Waals surface area contributed by atoms with Gasteiger partial charge in [-0.25, -0.2) is 0 Å². The summed E-state index contributed by atoms with van der Waals surface area (Å²) >= 11 is 0. The molecule has 2 bridgehead atoms. The van der Waals surface area contributed by atoms with Crippen molar-refractivity contribution in [1.29, 1.82) is 0 Å². The van der Waals surface area contributed by atoms with Crippen molar-refractivity contribution < 1.29 is 5.11 Å². The lowest BCUT2D eigenvalue weighted by Gasteiger charge is -2.22. The topological polar surface area (TPSA) is 20.2 Å². The molecule has 0 amide bonds. The molecule has 0 aliphatic heterocycles. The van der Waals surface area contributed by atoms with E-state index in [0.717, 1.165) is 5.92 Å². The van der Waals surface area contributed by atoms with Gasteiger partial charge in [0.1, 0.15) is 0 Å². The lowest BCUT2D eigenvalue weighted by molar-refractivity contribution is 0.132. The number of hydrogen-bond acceptors (Lipinski definition) is 1. The van der Waals surface area contributed by atoms with Crippen LogP contribution in [0.4, 0.5) is 0 Å². The van der Waals surface area contributed by atoms with Crippen molar-refractivity contribution in [2.45, 2.75) is 12.5 Å². The van der Waals surface area contributed by atoms with Gasteiger partial charge in [0.05, 0.1) is 6.10 Å². The van der Waals surface area contributed by atoms with Crippen LogP contribution in [0, 0.1) is 23.7 Å². The molecule has 0 heterocycles. The van der Waals surface area contributed by atoms with E-state index in [9.17, 15) is 5.11 Å². The Hall–Kier alpha value is -0.560. The average molecular weight is 148 g/mol. The minimum absolute atomic E-state index is 0.153. The fraction of sp³-hybridized carbons (Fsp3) is 0.600. The van der Waals surface area contributed by atoms with Crippen molar-refractivity contribution in [2.75, 3.05) is 0 Å². The first-order chi connectivity index (χ1) is 5.36. The second kappa shape index (κ2) is 1.78. The lowest BCUT2D eigenvalue weighted by Crippen LogP contribution is -2.23. The normalized spacial score (nSPS) is 57.4. The van der Waals surface area contributed by atoms with Crippen LogP contribution in [0.2, 0.25) is 0 Å². The Morgan fingerprint density at radius 3 is 2.64 bits per heavy atom. The molecule has 0 aromatic rings. The van der Waals surface area contributed by atoms with E-state index in [2.05, 4.69) is 18.2 Å². The van der Waals surface area contributed by atoms with E-state index >= 15 is 0 Å². The molecule has 3 aliphatic carbocycles. The number of rotatable bonds is 0. The molecule has 0 aromatic carbocycles. The molecule has 0 spiro atoms. The van der Waals surface area contributed by atoms with E-state index in [1.54, 1.807) is 0 Å². The van der Waals surface area contributed by atoms with Gasteiger partial charge < -0.3 is 5.11 Å². The molecule has 1 saturated carbocycles. The predicted octanol–water partition coefficient (Wildman–Crippen LogP) is 1.36. The van der Waals surface area contributed by atoms with Crippen LogP contribution >= 0.6 is 0 Å². The fourth-order valence-corrected chi connectivity index (χ4v) is 3.02. The van der Waals surface area contributed by atoms with Crippen LogP contribution in [-0.4, -0.2) is 11.2 Å². The lowest BCUT2D eigenvalue weighted by atomic mass is 9.84. The monoisotopic (exact) mass is 148 g/mol. The molecule has 3 aliphatic rings. The van der Waals surface area contributed by atoms with Crippen molar-refractivity contribution in [3.8, 4) is 0 Å². The molecule has 3 rings (SSSR count). The van der Waals surface area contributed by atoms with Gasteiger partial charge >= 0.3 is 0 Å². The Bertz CT molecular complexity index is 241. The Kier molecular flexibility index (Phi) is 0.972. The molecular formula is C10H12O. The second-order valence-corrected chi connectivity index (χ2v) is 3.98. The second-order valence-electron chi connectivity index (χ2n) is 3.98. The summed E-state index contributed by atoms with van der Waals surface area (Å²) in [6.07, 6.45) is 9.94. The zero-order chi connectivity index (χ0) is 7.42. The van der Waals surface area contributed by atoms with Crippen LogP contribution < -0.4 is 0 Å². The van der Waals surface area contributed by atoms with Gasteiger partial charge in [-0.15, -0.1) is 0 Å². The van der Waals surface area contributed by atoms with Gasteiger partial charge in [0.15, 0.2) is 0 Å². The van der Waals surface area contributed by atoms with Gasteiger partial charge in [-0.1, -0.05) is 24.3 Å². The Morgan fingerprint density at radius 1 is 1.00 bits per heavy atom. The van der Waals surface area contributed by atoms with E-state index in [0.29, 0.717) is 17.8 Å². The van der Waals surface area contributed by atoms with Gasteiger partial charge in [0.2, 0.25) is 0 Å². The summed E-state index contributed by atoms with van der Waals surface area (Å²) < 4.78 is 0. The Morgan fingerprint density at radius 2 is 1.82 bits per heavy atom. The van der Waals surface area contributed by atoms with E-state index in [-0.39, 0.29) is 6.10 Å². The van der Waals surface area contributed by atoms with E-state index in [1.165, 1.54) is 6.42 Å². The van der Waals surface area contributed by atoms with E-state index < -0.39 is 0 Å². The van der Waals surface area contributed by atoms with Gasteiger partial charge in [-0.2, -0.15) is 0 Å². The maximum absolute atomic E-state index is 9.60. The molecule has 1 heteroatoms.